The highest BCUT2D eigenvalue weighted by atomic mass is 15.1. The molecule has 2 heterocycles. The number of aromatic nitrogens is 4. The van der Waals surface area contributed by atoms with E-state index in [1.807, 2.05) is 19.9 Å². The Morgan fingerprint density at radius 1 is 1.06 bits per heavy atom. The van der Waals surface area contributed by atoms with Crippen molar-refractivity contribution in [2.75, 3.05) is 11.9 Å². The molecule has 0 amide bonds. The van der Waals surface area contributed by atoms with Crippen molar-refractivity contribution >= 4 is 5.82 Å². The largest absolute Gasteiger partial charge is 0.370 e. The Bertz CT molecular complexity index is 521. The van der Waals surface area contributed by atoms with E-state index in [1.165, 1.54) is 0 Å². The Morgan fingerprint density at radius 2 is 1.78 bits per heavy atom. The average molecular weight is 243 g/mol. The second kappa shape index (κ2) is 5.53. The van der Waals surface area contributed by atoms with Crippen LogP contribution in [0.1, 0.15) is 24.6 Å². The van der Waals surface area contributed by atoms with Gasteiger partial charge < -0.3 is 5.32 Å². The summed E-state index contributed by atoms with van der Waals surface area (Å²) in [6.07, 6.45) is 4.60. The summed E-state index contributed by atoms with van der Waals surface area (Å²) >= 11 is 0. The second-order valence-electron chi connectivity index (χ2n) is 4.23. The van der Waals surface area contributed by atoms with Gasteiger partial charge in [0.1, 0.15) is 5.82 Å². The van der Waals surface area contributed by atoms with Crippen molar-refractivity contribution in [1.82, 2.24) is 19.9 Å². The van der Waals surface area contributed by atoms with E-state index in [9.17, 15) is 0 Å². The molecule has 0 aliphatic rings. The Kier molecular flexibility index (Phi) is 3.82. The van der Waals surface area contributed by atoms with Crippen LogP contribution in [0.25, 0.3) is 11.6 Å². The van der Waals surface area contributed by atoms with Crippen molar-refractivity contribution < 1.29 is 0 Å². The molecule has 5 heteroatoms. The second-order valence-corrected chi connectivity index (χ2v) is 4.23. The maximum Gasteiger partial charge on any atom is 0.199 e. The van der Waals surface area contributed by atoms with Crippen LogP contribution in [-0.2, 0) is 0 Å². The smallest absolute Gasteiger partial charge is 0.199 e. The monoisotopic (exact) mass is 243 g/mol. The van der Waals surface area contributed by atoms with Crippen molar-refractivity contribution in [3.8, 4) is 11.6 Å². The van der Waals surface area contributed by atoms with Crippen molar-refractivity contribution in [3.63, 3.8) is 0 Å². The van der Waals surface area contributed by atoms with Crippen molar-refractivity contribution in [1.29, 1.82) is 0 Å². The summed E-state index contributed by atoms with van der Waals surface area (Å²) in [6.45, 7) is 6.90. The Morgan fingerprint density at radius 3 is 2.44 bits per heavy atom. The molecule has 18 heavy (non-hydrogen) atoms. The molecule has 0 unspecified atom stereocenters. The molecule has 0 aliphatic heterocycles. The molecule has 0 spiro atoms. The Hall–Kier alpha value is -2.04. The highest BCUT2D eigenvalue weighted by Gasteiger charge is 2.07. The molecule has 0 bridgehead atoms. The fourth-order valence-electron chi connectivity index (χ4n) is 1.52. The fraction of sp³-hybridized carbons (Fsp3) is 0.385. The molecule has 2 aromatic heterocycles. The molecule has 0 aromatic carbocycles. The third-order valence-corrected chi connectivity index (χ3v) is 2.39. The third-order valence-electron chi connectivity index (χ3n) is 2.39. The number of hydrogen-bond donors (Lipinski definition) is 1. The molecule has 0 aliphatic carbocycles. The maximum atomic E-state index is 4.42. The van der Waals surface area contributed by atoms with Crippen LogP contribution in [0.4, 0.5) is 5.82 Å². The molecule has 0 fully saturated rings. The Balaban J connectivity index is 2.32. The van der Waals surface area contributed by atoms with Gasteiger partial charge in [-0.25, -0.2) is 19.9 Å². The number of hydrogen-bond acceptors (Lipinski definition) is 5. The van der Waals surface area contributed by atoms with Crippen LogP contribution in [-0.4, -0.2) is 26.5 Å². The van der Waals surface area contributed by atoms with Gasteiger partial charge in [0, 0.05) is 30.7 Å². The van der Waals surface area contributed by atoms with Gasteiger partial charge >= 0.3 is 0 Å². The maximum absolute atomic E-state index is 4.42. The molecule has 1 N–H and O–H groups in total. The molecule has 94 valence electrons. The van der Waals surface area contributed by atoms with E-state index in [0.29, 0.717) is 11.6 Å². The molecule has 0 atom stereocenters. The van der Waals surface area contributed by atoms with E-state index in [1.54, 1.807) is 12.4 Å². The van der Waals surface area contributed by atoms with Gasteiger partial charge in [0.25, 0.3) is 0 Å². The highest BCUT2D eigenvalue weighted by molar-refractivity contribution is 5.49. The molecule has 5 nitrogen and oxygen atoms in total. The van der Waals surface area contributed by atoms with E-state index in [0.717, 1.165) is 30.0 Å². The van der Waals surface area contributed by atoms with Gasteiger partial charge in [-0.3, -0.25) is 0 Å². The van der Waals surface area contributed by atoms with E-state index >= 15 is 0 Å². The lowest BCUT2D eigenvalue weighted by atomic mass is 10.3. The summed E-state index contributed by atoms with van der Waals surface area (Å²) in [6, 6.07) is 1.92. The summed E-state index contributed by atoms with van der Waals surface area (Å²) in [4.78, 5) is 17.3. The SMILES string of the molecule is CCCNc1cc(C)nc(-c2ncc(C)cn2)n1. The van der Waals surface area contributed by atoms with Crippen LogP contribution < -0.4 is 5.32 Å². The molecule has 2 aromatic rings. The number of nitrogens with zero attached hydrogens (tertiary/aromatic N) is 4. The minimum absolute atomic E-state index is 0.559. The standard InChI is InChI=1S/C13H17N5/c1-4-5-14-11-6-10(3)17-13(18-11)12-15-7-9(2)8-16-12/h6-8H,4-5H2,1-3H3,(H,14,17,18). The third kappa shape index (κ3) is 3.00. The lowest BCUT2D eigenvalue weighted by Gasteiger charge is -2.06. The van der Waals surface area contributed by atoms with Crippen LogP contribution in [0, 0.1) is 13.8 Å². The van der Waals surface area contributed by atoms with Gasteiger partial charge in [-0.1, -0.05) is 6.92 Å². The van der Waals surface area contributed by atoms with Crippen LogP contribution >= 0.6 is 0 Å². The minimum atomic E-state index is 0.559. The summed E-state index contributed by atoms with van der Waals surface area (Å²) in [5.74, 6) is 1.95. The first kappa shape index (κ1) is 12.4. The summed E-state index contributed by atoms with van der Waals surface area (Å²) < 4.78 is 0. The molecule has 0 radical (unpaired) electrons. The van der Waals surface area contributed by atoms with Crippen molar-refractivity contribution in [2.45, 2.75) is 27.2 Å². The van der Waals surface area contributed by atoms with E-state index in [-0.39, 0.29) is 0 Å². The first-order valence-corrected chi connectivity index (χ1v) is 6.07. The minimum Gasteiger partial charge on any atom is -0.370 e. The molecule has 0 saturated heterocycles. The normalized spacial score (nSPS) is 10.4. The van der Waals surface area contributed by atoms with Crippen LogP contribution in [0.5, 0.6) is 0 Å². The van der Waals surface area contributed by atoms with E-state index in [4.69, 9.17) is 0 Å². The zero-order chi connectivity index (χ0) is 13.0. The molecule has 2 rings (SSSR count). The lowest BCUT2D eigenvalue weighted by molar-refractivity contribution is 0.957. The molecular weight excluding hydrogens is 226 g/mol. The van der Waals surface area contributed by atoms with Gasteiger partial charge in [0.2, 0.25) is 0 Å². The number of aryl methyl sites for hydroxylation is 2. The van der Waals surface area contributed by atoms with Crippen molar-refractivity contribution in [2.24, 2.45) is 0 Å². The van der Waals surface area contributed by atoms with Crippen LogP contribution in [0.15, 0.2) is 18.5 Å². The van der Waals surface area contributed by atoms with Gasteiger partial charge in [-0.05, 0) is 25.8 Å². The Labute approximate surface area is 107 Å². The predicted octanol–water partition coefficient (Wildman–Crippen LogP) is 2.37. The van der Waals surface area contributed by atoms with Gasteiger partial charge in [-0.2, -0.15) is 0 Å². The van der Waals surface area contributed by atoms with E-state index in [2.05, 4.69) is 32.2 Å². The zero-order valence-electron chi connectivity index (χ0n) is 10.9. The number of nitrogens with one attached hydrogen (secondary N) is 1. The van der Waals surface area contributed by atoms with E-state index < -0.39 is 0 Å². The topological polar surface area (TPSA) is 63.6 Å². The molecule has 0 saturated carbocycles. The average Bonchev–Trinajstić information content (AvgIpc) is 2.36. The van der Waals surface area contributed by atoms with Crippen molar-refractivity contribution in [3.05, 3.63) is 29.7 Å². The summed E-state index contributed by atoms with van der Waals surface area (Å²) in [5, 5.41) is 3.25. The predicted molar refractivity (Wildman–Crippen MR) is 71.3 cm³/mol. The van der Waals surface area contributed by atoms with Gasteiger partial charge in [0.15, 0.2) is 11.6 Å². The quantitative estimate of drug-likeness (QED) is 0.893. The van der Waals surface area contributed by atoms with Gasteiger partial charge in [-0.15, -0.1) is 0 Å². The fourth-order valence-corrected chi connectivity index (χ4v) is 1.52. The summed E-state index contributed by atoms with van der Waals surface area (Å²) in [7, 11) is 0. The first-order valence-electron chi connectivity index (χ1n) is 6.07. The zero-order valence-corrected chi connectivity index (χ0v) is 10.9. The van der Waals surface area contributed by atoms with Gasteiger partial charge in [0.05, 0.1) is 0 Å². The molecular formula is C13H17N5. The number of anilines is 1. The van der Waals surface area contributed by atoms with Crippen LogP contribution in [0.2, 0.25) is 0 Å². The highest BCUT2D eigenvalue weighted by Crippen LogP contribution is 2.13. The first-order chi connectivity index (χ1) is 8.69. The summed E-state index contributed by atoms with van der Waals surface area (Å²) in [5.41, 5.74) is 1.93. The lowest BCUT2D eigenvalue weighted by Crippen LogP contribution is -2.05. The number of rotatable bonds is 4. The van der Waals surface area contributed by atoms with Crippen LogP contribution in [0.3, 0.4) is 0 Å².